The van der Waals surface area contributed by atoms with Crippen molar-refractivity contribution in [2.75, 3.05) is 14.2 Å². The SMILES string of the molecule is COc1ccc(C=NC2CCCCC2N=Cc2ccc(OC)cc2O)c(O)c1. The molecule has 2 aromatic rings. The van der Waals surface area contributed by atoms with Gasteiger partial charge >= 0.3 is 0 Å². The molecule has 2 aromatic carbocycles. The highest BCUT2D eigenvalue weighted by Crippen LogP contribution is 2.27. The van der Waals surface area contributed by atoms with Crippen molar-refractivity contribution >= 4 is 12.4 Å². The molecule has 1 aliphatic rings. The largest absolute Gasteiger partial charge is 0.507 e. The number of nitrogens with zero attached hydrogens (tertiary/aromatic N) is 2. The fourth-order valence-electron chi connectivity index (χ4n) is 3.31. The van der Waals surface area contributed by atoms with Crippen LogP contribution in [0.25, 0.3) is 0 Å². The maximum absolute atomic E-state index is 10.1. The van der Waals surface area contributed by atoms with Gasteiger partial charge in [-0.3, -0.25) is 9.98 Å². The molecule has 0 amide bonds. The summed E-state index contributed by atoms with van der Waals surface area (Å²) >= 11 is 0. The van der Waals surface area contributed by atoms with Gasteiger partial charge in [0, 0.05) is 35.7 Å². The molecule has 0 radical (unpaired) electrons. The van der Waals surface area contributed by atoms with Crippen molar-refractivity contribution in [3.05, 3.63) is 47.5 Å². The van der Waals surface area contributed by atoms with Crippen LogP contribution < -0.4 is 9.47 Å². The number of ether oxygens (including phenoxy) is 2. The molecule has 6 heteroatoms. The summed E-state index contributed by atoms with van der Waals surface area (Å²) in [4.78, 5) is 9.38. The van der Waals surface area contributed by atoms with Gasteiger partial charge in [0.05, 0.1) is 26.3 Å². The lowest BCUT2D eigenvalue weighted by atomic mass is 9.91. The van der Waals surface area contributed by atoms with E-state index in [1.165, 1.54) is 0 Å². The van der Waals surface area contributed by atoms with Gasteiger partial charge in [-0.15, -0.1) is 0 Å². The number of phenols is 2. The highest BCUT2D eigenvalue weighted by molar-refractivity contribution is 5.84. The third-order valence-corrected chi connectivity index (χ3v) is 4.98. The van der Waals surface area contributed by atoms with Gasteiger partial charge < -0.3 is 19.7 Å². The topological polar surface area (TPSA) is 83.6 Å². The Hall–Kier alpha value is -3.02. The van der Waals surface area contributed by atoms with Crippen molar-refractivity contribution in [3.8, 4) is 23.0 Å². The number of hydrogen-bond donors (Lipinski definition) is 2. The molecule has 0 aromatic heterocycles. The number of phenolic OH excluding ortho intramolecular Hbond substituents is 2. The van der Waals surface area contributed by atoms with E-state index in [-0.39, 0.29) is 23.6 Å². The van der Waals surface area contributed by atoms with E-state index >= 15 is 0 Å². The minimum absolute atomic E-state index is 0.0480. The van der Waals surface area contributed by atoms with E-state index < -0.39 is 0 Å². The van der Waals surface area contributed by atoms with Gasteiger partial charge in [0.1, 0.15) is 23.0 Å². The van der Waals surface area contributed by atoms with Crippen LogP contribution in [0.15, 0.2) is 46.4 Å². The second kappa shape index (κ2) is 9.26. The van der Waals surface area contributed by atoms with Crippen molar-refractivity contribution < 1.29 is 19.7 Å². The van der Waals surface area contributed by atoms with Crippen LogP contribution in [0.1, 0.15) is 36.8 Å². The van der Waals surface area contributed by atoms with Gasteiger partial charge in [-0.25, -0.2) is 0 Å². The Balaban J connectivity index is 1.73. The van der Waals surface area contributed by atoms with Crippen LogP contribution >= 0.6 is 0 Å². The fraction of sp³-hybridized carbons (Fsp3) is 0.364. The number of hydrogen-bond acceptors (Lipinski definition) is 6. The molecule has 1 saturated carbocycles. The smallest absolute Gasteiger partial charge is 0.128 e. The molecule has 0 bridgehead atoms. The Labute approximate surface area is 165 Å². The van der Waals surface area contributed by atoms with Crippen molar-refractivity contribution in [2.45, 2.75) is 37.8 Å². The molecule has 0 aliphatic heterocycles. The number of benzene rings is 2. The summed E-state index contributed by atoms with van der Waals surface area (Å²) in [7, 11) is 3.13. The molecule has 1 aliphatic carbocycles. The van der Waals surface area contributed by atoms with Crippen LogP contribution in [-0.4, -0.2) is 48.9 Å². The van der Waals surface area contributed by atoms with Crippen LogP contribution in [0.4, 0.5) is 0 Å². The molecule has 0 heterocycles. The van der Waals surface area contributed by atoms with Gasteiger partial charge in [0.25, 0.3) is 0 Å². The van der Waals surface area contributed by atoms with Crippen LogP contribution in [0.5, 0.6) is 23.0 Å². The molecular formula is C22H26N2O4. The number of methoxy groups -OCH3 is 2. The van der Waals surface area contributed by atoms with E-state index in [4.69, 9.17) is 19.5 Å². The van der Waals surface area contributed by atoms with Crippen molar-refractivity contribution in [1.82, 2.24) is 0 Å². The first-order chi connectivity index (χ1) is 13.6. The number of aromatic hydroxyl groups is 2. The van der Waals surface area contributed by atoms with Crippen molar-refractivity contribution in [3.63, 3.8) is 0 Å². The molecule has 2 atom stereocenters. The second-order valence-electron chi connectivity index (χ2n) is 6.82. The van der Waals surface area contributed by atoms with Gasteiger partial charge in [0.15, 0.2) is 0 Å². The average Bonchev–Trinajstić information content (AvgIpc) is 2.72. The van der Waals surface area contributed by atoms with Gasteiger partial charge in [-0.1, -0.05) is 12.8 Å². The predicted octanol–water partition coefficient (Wildman–Crippen LogP) is 3.96. The van der Waals surface area contributed by atoms with E-state index in [1.54, 1.807) is 63.0 Å². The van der Waals surface area contributed by atoms with E-state index in [2.05, 4.69) is 0 Å². The van der Waals surface area contributed by atoms with Crippen LogP contribution in [0.3, 0.4) is 0 Å². The van der Waals surface area contributed by atoms with Crippen LogP contribution in [-0.2, 0) is 0 Å². The lowest BCUT2D eigenvalue weighted by Crippen LogP contribution is -2.27. The van der Waals surface area contributed by atoms with Crippen LogP contribution in [0, 0.1) is 0 Å². The Morgan fingerprint density at radius 2 is 1.21 bits per heavy atom. The summed E-state index contributed by atoms with van der Waals surface area (Å²) in [5, 5.41) is 20.2. The molecule has 3 rings (SSSR count). The van der Waals surface area contributed by atoms with E-state index in [1.807, 2.05) is 0 Å². The monoisotopic (exact) mass is 382 g/mol. The number of aliphatic imine (C=N–C) groups is 2. The first kappa shape index (κ1) is 19.7. The molecule has 1 fully saturated rings. The first-order valence-corrected chi connectivity index (χ1v) is 9.41. The quantitative estimate of drug-likeness (QED) is 0.741. The Bertz CT molecular complexity index is 792. The maximum Gasteiger partial charge on any atom is 0.128 e. The van der Waals surface area contributed by atoms with Crippen molar-refractivity contribution in [1.29, 1.82) is 0 Å². The second-order valence-corrected chi connectivity index (χ2v) is 6.82. The lowest BCUT2D eigenvalue weighted by Gasteiger charge is -2.25. The number of rotatable bonds is 6. The van der Waals surface area contributed by atoms with E-state index in [0.717, 1.165) is 25.7 Å². The highest BCUT2D eigenvalue weighted by atomic mass is 16.5. The third kappa shape index (κ3) is 4.82. The molecular weight excluding hydrogens is 356 g/mol. The Morgan fingerprint density at radius 3 is 1.57 bits per heavy atom. The first-order valence-electron chi connectivity index (χ1n) is 9.41. The molecule has 148 valence electrons. The highest BCUT2D eigenvalue weighted by Gasteiger charge is 2.23. The molecule has 0 saturated heterocycles. The summed E-state index contributed by atoms with van der Waals surface area (Å²) in [6.07, 6.45) is 7.52. The van der Waals surface area contributed by atoms with Crippen molar-refractivity contribution in [2.24, 2.45) is 9.98 Å². The summed E-state index contributed by atoms with van der Waals surface area (Å²) in [6, 6.07) is 10.4. The average molecular weight is 382 g/mol. The normalized spacial score (nSPS) is 19.9. The van der Waals surface area contributed by atoms with Crippen LogP contribution in [0.2, 0.25) is 0 Å². The van der Waals surface area contributed by atoms with E-state index in [9.17, 15) is 10.2 Å². The summed E-state index contributed by atoms with van der Waals surface area (Å²) in [6.45, 7) is 0. The minimum Gasteiger partial charge on any atom is -0.507 e. The van der Waals surface area contributed by atoms with E-state index in [0.29, 0.717) is 22.6 Å². The zero-order chi connectivity index (χ0) is 19.9. The Kier molecular flexibility index (Phi) is 6.53. The van der Waals surface area contributed by atoms with Gasteiger partial charge in [-0.2, -0.15) is 0 Å². The summed E-state index contributed by atoms with van der Waals surface area (Å²) < 4.78 is 10.2. The lowest BCUT2D eigenvalue weighted by molar-refractivity contribution is 0.389. The van der Waals surface area contributed by atoms with Gasteiger partial charge in [0.2, 0.25) is 0 Å². The molecule has 28 heavy (non-hydrogen) atoms. The zero-order valence-electron chi connectivity index (χ0n) is 16.2. The Morgan fingerprint density at radius 1 is 0.786 bits per heavy atom. The maximum atomic E-state index is 10.1. The molecule has 0 spiro atoms. The summed E-state index contributed by atoms with van der Waals surface area (Å²) in [5.74, 6) is 1.49. The fourth-order valence-corrected chi connectivity index (χ4v) is 3.31. The minimum atomic E-state index is 0.0480. The molecule has 6 nitrogen and oxygen atoms in total. The standard InChI is InChI=1S/C22H26N2O4/c1-27-17-9-7-15(21(25)11-17)13-23-19-5-3-4-6-20(19)24-14-16-8-10-18(28-2)12-22(16)26/h7-14,19-20,25-26H,3-6H2,1-2H3. The molecule has 2 unspecified atom stereocenters. The molecule has 2 N–H and O–H groups in total. The zero-order valence-corrected chi connectivity index (χ0v) is 16.2. The van der Waals surface area contributed by atoms with Gasteiger partial charge in [-0.05, 0) is 37.1 Å². The third-order valence-electron chi connectivity index (χ3n) is 4.98. The summed E-state index contributed by atoms with van der Waals surface area (Å²) in [5.41, 5.74) is 1.31. The predicted molar refractivity (Wildman–Crippen MR) is 111 cm³/mol.